The molecule has 7 heteroatoms. The molecule has 0 aliphatic carbocycles. The van der Waals surface area contributed by atoms with Gasteiger partial charge in [0.25, 0.3) is 0 Å². The Morgan fingerprint density at radius 2 is 1.76 bits per heavy atom. The standard InChI is InChI=1S/C18H20O7/c1-10-3-12(20)6-14(4-10)25-15-5-11(2)17(16(22)7-15)18(23)24-9-13(21)8-19/h3-7,13,19-22H,8-9H2,1-2H3/t13-/m0/s1. The zero-order valence-electron chi connectivity index (χ0n) is 13.9. The first-order chi connectivity index (χ1) is 11.8. The highest BCUT2D eigenvalue weighted by atomic mass is 16.5. The molecule has 2 rings (SSSR count). The Balaban J connectivity index is 2.20. The number of benzene rings is 2. The number of aryl methyl sites for hydroxylation is 2. The number of aromatic hydroxyl groups is 2. The second-order valence-corrected chi connectivity index (χ2v) is 5.68. The molecule has 25 heavy (non-hydrogen) atoms. The molecule has 0 aliphatic heterocycles. The minimum Gasteiger partial charge on any atom is -0.508 e. The number of phenolic OH excluding ortho intramolecular Hbond substituents is 2. The zero-order chi connectivity index (χ0) is 18.6. The Morgan fingerprint density at radius 3 is 2.36 bits per heavy atom. The van der Waals surface area contributed by atoms with E-state index in [4.69, 9.17) is 14.6 Å². The molecule has 0 amide bonds. The predicted molar refractivity (Wildman–Crippen MR) is 89.1 cm³/mol. The molecule has 7 nitrogen and oxygen atoms in total. The van der Waals surface area contributed by atoms with Crippen molar-refractivity contribution in [3.63, 3.8) is 0 Å². The molecule has 4 N–H and O–H groups in total. The van der Waals surface area contributed by atoms with E-state index < -0.39 is 18.7 Å². The van der Waals surface area contributed by atoms with E-state index in [-0.39, 0.29) is 29.4 Å². The second kappa shape index (κ2) is 7.87. The third kappa shape index (κ3) is 4.85. The second-order valence-electron chi connectivity index (χ2n) is 5.68. The van der Waals surface area contributed by atoms with Gasteiger partial charge in [0, 0.05) is 12.1 Å². The molecule has 1 atom stereocenters. The van der Waals surface area contributed by atoms with Crippen molar-refractivity contribution in [2.45, 2.75) is 20.0 Å². The number of ether oxygens (including phenoxy) is 2. The minimum absolute atomic E-state index is 0.0513. The normalized spacial score (nSPS) is 11.8. The lowest BCUT2D eigenvalue weighted by molar-refractivity contribution is 0.00907. The van der Waals surface area contributed by atoms with Crippen LogP contribution in [0.4, 0.5) is 0 Å². The maximum Gasteiger partial charge on any atom is 0.342 e. The van der Waals surface area contributed by atoms with Crippen molar-refractivity contribution >= 4 is 5.97 Å². The Morgan fingerprint density at radius 1 is 1.08 bits per heavy atom. The van der Waals surface area contributed by atoms with Crippen LogP contribution in [0.25, 0.3) is 0 Å². The summed E-state index contributed by atoms with van der Waals surface area (Å²) in [7, 11) is 0. The molecule has 0 unspecified atom stereocenters. The first-order valence-corrected chi connectivity index (χ1v) is 7.58. The summed E-state index contributed by atoms with van der Waals surface area (Å²) in [4.78, 5) is 12.0. The number of hydrogen-bond donors (Lipinski definition) is 4. The lowest BCUT2D eigenvalue weighted by Crippen LogP contribution is -2.22. The van der Waals surface area contributed by atoms with Crippen LogP contribution >= 0.6 is 0 Å². The van der Waals surface area contributed by atoms with E-state index in [1.165, 1.54) is 18.2 Å². The fraction of sp³-hybridized carbons (Fsp3) is 0.278. The van der Waals surface area contributed by atoms with Crippen molar-refractivity contribution in [2.24, 2.45) is 0 Å². The molecule has 0 heterocycles. The number of rotatable bonds is 6. The fourth-order valence-electron chi connectivity index (χ4n) is 2.28. The smallest absolute Gasteiger partial charge is 0.342 e. The van der Waals surface area contributed by atoms with Crippen molar-refractivity contribution in [2.75, 3.05) is 13.2 Å². The fourth-order valence-corrected chi connectivity index (χ4v) is 2.28. The topological polar surface area (TPSA) is 116 Å². The molecule has 0 saturated heterocycles. The van der Waals surface area contributed by atoms with Crippen molar-refractivity contribution in [3.8, 4) is 23.0 Å². The highest BCUT2D eigenvalue weighted by Crippen LogP contribution is 2.32. The van der Waals surface area contributed by atoms with Crippen LogP contribution in [0.15, 0.2) is 30.3 Å². The van der Waals surface area contributed by atoms with Gasteiger partial charge >= 0.3 is 5.97 Å². The van der Waals surface area contributed by atoms with Crippen LogP contribution in [0.5, 0.6) is 23.0 Å². The predicted octanol–water partition coefficient (Wildman–Crippen LogP) is 2.02. The van der Waals surface area contributed by atoms with Gasteiger partial charge in [0.05, 0.1) is 6.61 Å². The molecule has 134 valence electrons. The Labute approximate surface area is 144 Å². The van der Waals surface area contributed by atoms with Gasteiger partial charge in [0.1, 0.15) is 41.3 Å². The largest absolute Gasteiger partial charge is 0.508 e. The number of phenols is 2. The van der Waals surface area contributed by atoms with Gasteiger partial charge in [-0.05, 0) is 43.2 Å². The molecule has 0 radical (unpaired) electrons. The van der Waals surface area contributed by atoms with Crippen LogP contribution in [0.1, 0.15) is 21.5 Å². The average molecular weight is 348 g/mol. The number of esters is 1. The summed E-state index contributed by atoms with van der Waals surface area (Å²) in [5, 5.41) is 37.6. The number of aliphatic hydroxyl groups is 2. The number of carbonyl (C=O) groups excluding carboxylic acids is 1. The minimum atomic E-state index is -1.18. The van der Waals surface area contributed by atoms with Crippen LogP contribution in [0.2, 0.25) is 0 Å². The van der Waals surface area contributed by atoms with Gasteiger partial charge < -0.3 is 29.9 Å². The van der Waals surface area contributed by atoms with E-state index in [0.29, 0.717) is 11.3 Å². The van der Waals surface area contributed by atoms with E-state index in [1.807, 2.05) is 0 Å². The molecule has 2 aromatic rings. The average Bonchev–Trinajstić information content (AvgIpc) is 2.50. The number of hydrogen-bond acceptors (Lipinski definition) is 7. The van der Waals surface area contributed by atoms with Gasteiger partial charge in [-0.3, -0.25) is 0 Å². The molecule has 0 fully saturated rings. The van der Waals surface area contributed by atoms with Crippen molar-refractivity contribution in [1.29, 1.82) is 0 Å². The highest BCUT2D eigenvalue weighted by Gasteiger charge is 2.19. The maximum atomic E-state index is 12.0. The summed E-state index contributed by atoms with van der Waals surface area (Å²) in [6.45, 7) is 2.48. The SMILES string of the molecule is Cc1cc(O)cc(Oc2cc(C)c(C(=O)OC[C@@H](O)CO)c(O)c2)c1. The lowest BCUT2D eigenvalue weighted by atomic mass is 10.1. The van der Waals surface area contributed by atoms with E-state index >= 15 is 0 Å². The summed E-state index contributed by atoms with van der Waals surface area (Å²) in [6, 6.07) is 7.52. The van der Waals surface area contributed by atoms with Gasteiger partial charge in [0.2, 0.25) is 0 Å². The molecular formula is C18H20O7. The van der Waals surface area contributed by atoms with Gasteiger partial charge in [0.15, 0.2) is 0 Å². The molecule has 0 aliphatic rings. The molecule has 0 aromatic heterocycles. The summed E-state index contributed by atoms with van der Waals surface area (Å²) < 4.78 is 10.5. The van der Waals surface area contributed by atoms with Crippen molar-refractivity contribution in [3.05, 3.63) is 47.0 Å². The van der Waals surface area contributed by atoms with Crippen LogP contribution in [0, 0.1) is 13.8 Å². The molecule has 2 aromatic carbocycles. The summed E-state index contributed by atoms with van der Waals surface area (Å²) in [5.41, 5.74) is 1.17. The molecule has 0 bridgehead atoms. The molecular weight excluding hydrogens is 328 g/mol. The van der Waals surface area contributed by atoms with E-state index in [9.17, 15) is 20.1 Å². The quantitative estimate of drug-likeness (QED) is 0.590. The van der Waals surface area contributed by atoms with Crippen LogP contribution < -0.4 is 4.74 Å². The Bertz CT molecular complexity index is 727. The number of carbonyl (C=O) groups is 1. The molecule has 0 saturated carbocycles. The zero-order valence-corrected chi connectivity index (χ0v) is 13.9. The van der Waals surface area contributed by atoms with E-state index in [1.54, 1.807) is 26.0 Å². The lowest BCUT2D eigenvalue weighted by Gasteiger charge is -2.13. The van der Waals surface area contributed by atoms with Gasteiger partial charge in [-0.2, -0.15) is 0 Å². The third-order valence-electron chi connectivity index (χ3n) is 3.38. The Hall–Kier alpha value is -2.77. The first kappa shape index (κ1) is 18.6. The van der Waals surface area contributed by atoms with Gasteiger partial charge in [-0.15, -0.1) is 0 Å². The monoisotopic (exact) mass is 348 g/mol. The van der Waals surface area contributed by atoms with Crippen molar-refractivity contribution < 1.29 is 34.7 Å². The third-order valence-corrected chi connectivity index (χ3v) is 3.38. The molecule has 0 spiro atoms. The summed E-state index contributed by atoms with van der Waals surface area (Å²) in [5.74, 6) is -0.430. The van der Waals surface area contributed by atoms with Crippen LogP contribution in [-0.2, 0) is 4.74 Å². The number of aliphatic hydroxyl groups excluding tert-OH is 2. The first-order valence-electron chi connectivity index (χ1n) is 7.58. The van der Waals surface area contributed by atoms with Gasteiger partial charge in [-0.1, -0.05) is 0 Å². The van der Waals surface area contributed by atoms with Crippen molar-refractivity contribution in [1.82, 2.24) is 0 Å². The van der Waals surface area contributed by atoms with E-state index in [0.717, 1.165) is 5.56 Å². The maximum absolute atomic E-state index is 12.0. The summed E-state index contributed by atoms with van der Waals surface area (Å²) >= 11 is 0. The van der Waals surface area contributed by atoms with Crippen LogP contribution in [0.3, 0.4) is 0 Å². The van der Waals surface area contributed by atoms with Gasteiger partial charge in [-0.25, -0.2) is 4.79 Å². The summed E-state index contributed by atoms with van der Waals surface area (Å²) in [6.07, 6.45) is -1.18. The van der Waals surface area contributed by atoms with E-state index in [2.05, 4.69) is 0 Å². The Kier molecular flexibility index (Phi) is 5.84. The highest BCUT2D eigenvalue weighted by molar-refractivity contribution is 5.94. The van der Waals surface area contributed by atoms with Crippen LogP contribution in [-0.4, -0.2) is 45.7 Å².